The molecule has 2 aromatic heterocycles. The molecule has 0 amide bonds. The summed E-state index contributed by atoms with van der Waals surface area (Å²) in [6.07, 6.45) is 3.67. The molecule has 2 heterocycles. The topological polar surface area (TPSA) is 52.5 Å². The molecule has 3 rings (SSSR count). The highest BCUT2D eigenvalue weighted by Crippen LogP contribution is 2.28. The highest BCUT2D eigenvalue weighted by atomic mass is 16.5. The minimum atomic E-state index is 0.413. The van der Waals surface area contributed by atoms with E-state index in [-0.39, 0.29) is 0 Å². The first-order chi connectivity index (χ1) is 10.3. The van der Waals surface area contributed by atoms with Crippen molar-refractivity contribution in [3.8, 4) is 17.0 Å². The molecule has 4 heteroatoms. The number of nitrogens with two attached hydrogens (primary N) is 1. The second kappa shape index (κ2) is 5.81. The van der Waals surface area contributed by atoms with Crippen LogP contribution in [-0.2, 0) is 6.54 Å². The zero-order chi connectivity index (χ0) is 14.7. The smallest absolute Gasteiger partial charge is 0.180 e. The highest BCUT2D eigenvalue weighted by molar-refractivity contribution is 5.69. The maximum atomic E-state index is 5.93. The number of hydrogen-bond acceptors (Lipinski definition) is 3. The minimum absolute atomic E-state index is 0.413. The molecule has 0 aliphatic heterocycles. The molecule has 0 radical (unpaired) electrons. The quantitative estimate of drug-likeness (QED) is 0.730. The molecule has 2 N–H and O–H groups in total. The minimum Gasteiger partial charge on any atom is -0.486 e. The first-order valence-corrected chi connectivity index (χ1v) is 6.84. The van der Waals surface area contributed by atoms with Crippen molar-refractivity contribution in [3.05, 3.63) is 67.0 Å². The van der Waals surface area contributed by atoms with Crippen molar-refractivity contribution in [1.29, 1.82) is 0 Å². The van der Waals surface area contributed by atoms with Crippen LogP contribution in [0, 0.1) is 0 Å². The SMILES string of the molecule is C=CCOc1cccn2c(CN)c(-c3ccccc3)nc12. The van der Waals surface area contributed by atoms with Crippen molar-refractivity contribution >= 4 is 5.65 Å². The van der Waals surface area contributed by atoms with Gasteiger partial charge in [-0.1, -0.05) is 43.0 Å². The molecule has 0 fully saturated rings. The fraction of sp³-hybridized carbons (Fsp3) is 0.118. The zero-order valence-electron chi connectivity index (χ0n) is 11.7. The summed E-state index contributed by atoms with van der Waals surface area (Å²) in [4.78, 5) is 4.73. The normalized spacial score (nSPS) is 10.7. The molecular weight excluding hydrogens is 262 g/mol. The van der Waals surface area contributed by atoms with Gasteiger partial charge in [0.1, 0.15) is 6.61 Å². The van der Waals surface area contributed by atoms with Gasteiger partial charge in [0.25, 0.3) is 0 Å². The number of pyridine rings is 1. The van der Waals surface area contributed by atoms with Crippen LogP contribution in [-0.4, -0.2) is 16.0 Å². The van der Waals surface area contributed by atoms with Crippen molar-refractivity contribution in [2.24, 2.45) is 5.73 Å². The molecule has 3 aromatic rings. The molecule has 0 aliphatic carbocycles. The molecule has 0 spiro atoms. The second-order valence-corrected chi connectivity index (χ2v) is 4.64. The van der Waals surface area contributed by atoms with Crippen LogP contribution in [0.4, 0.5) is 0 Å². The van der Waals surface area contributed by atoms with Gasteiger partial charge in [-0.15, -0.1) is 0 Å². The van der Waals surface area contributed by atoms with Crippen molar-refractivity contribution in [2.75, 3.05) is 6.61 Å². The fourth-order valence-electron chi connectivity index (χ4n) is 2.38. The van der Waals surface area contributed by atoms with Gasteiger partial charge in [-0.25, -0.2) is 4.98 Å². The van der Waals surface area contributed by atoms with Gasteiger partial charge in [-0.2, -0.15) is 0 Å². The van der Waals surface area contributed by atoms with Gasteiger partial charge in [0, 0.05) is 18.3 Å². The molecule has 0 unspecified atom stereocenters. The Morgan fingerprint density at radius 2 is 2.00 bits per heavy atom. The largest absolute Gasteiger partial charge is 0.486 e. The lowest BCUT2D eigenvalue weighted by Gasteiger charge is -2.05. The molecule has 0 saturated carbocycles. The van der Waals surface area contributed by atoms with Crippen molar-refractivity contribution < 1.29 is 4.74 Å². The number of aromatic nitrogens is 2. The van der Waals surface area contributed by atoms with E-state index in [4.69, 9.17) is 15.5 Å². The third-order valence-corrected chi connectivity index (χ3v) is 3.31. The molecular formula is C17H17N3O. The molecule has 1 aromatic carbocycles. The molecule has 0 bridgehead atoms. The maximum absolute atomic E-state index is 5.93. The number of benzene rings is 1. The molecule has 0 saturated heterocycles. The van der Waals surface area contributed by atoms with Crippen molar-refractivity contribution in [3.63, 3.8) is 0 Å². The lowest BCUT2D eigenvalue weighted by Crippen LogP contribution is -2.03. The van der Waals surface area contributed by atoms with E-state index in [0.717, 1.165) is 28.3 Å². The molecule has 0 aliphatic rings. The van der Waals surface area contributed by atoms with E-state index >= 15 is 0 Å². The summed E-state index contributed by atoms with van der Waals surface area (Å²) < 4.78 is 7.66. The van der Waals surface area contributed by atoms with E-state index in [1.165, 1.54) is 0 Å². The van der Waals surface area contributed by atoms with Gasteiger partial charge < -0.3 is 10.5 Å². The summed E-state index contributed by atoms with van der Waals surface area (Å²) in [5, 5.41) is 0. The van der Waals surface area contributed by atoms with Crippen LogP contribution in [0.2, 0.25) is 0 Å². The summed E-state index contributed by atoms with van der Waals surface area (Å²) in [5.41, 5.74) is 9.63. The summed E-state index contributed by atoms with van der Waals surface area (Å²) in [7, 11) is 0. The highest BCUT2D eigenvalue weighted by Gasteiger charge is 2.15. The first-order valence-electron chi connectivity index (χ1n) is 6.84. The number of ether oxygens (including phenoxy) is 1. The summed E-state index contributed by atoms with van der Waals surface area (Å²) in [6.45, 7) is 4.53. The number of imidazole rings is 1. The third-order valence-electron chi connectivity index (χ3n) is 3.31. The van der Waals surface area contributed by atoms with Crippen LogP contribution in [0.3, 0.4) is 0 Å². The Morgan fingerprint density at radius 1 is 1.19 bits per heavy atom. The van der Waals surface area contributed by atoms with Crippen LogP contribution in [0.15, 0.2) is 61.3 Å². The maximum Gasteiger partial charge on any atom is 0.180 e. The Balaban J connectivity index is 2.20. The number of fused-ring (bicyclic) bond motifs is 1. The average molecular weight is 279 g/mol. The van der Waals surface area contributed by atoms with Gasteiger partial charge in [0.2, 0.25) is 0 Å². The molecule has 21 heavy (non-hydrogen) atoms. The third kappa shape index (κ3) is 2.41. The van der Waals surface area contributed by atoms with E-state index in [1.807, 2.05) is 53.1 Å². The summed E-state index contributed by atoms with van der Waals surface area (Å²) in [6, 6.07) is 13.9. The van der Waals surface area contributed by atoms with Gasteiger partial charge in [0.15, 0.2) is 11.4 Å². The van der Waals surface area contributed by atoms with Crippen LogP contribution in [0.25, 0.3) is 16.9 Å². The van der Waals surface area contributed by atoms with E-state index in [1.54, 1.807) is 6.08 Å². The van der Waals surface area contributed by atoms with E-state index in [0.29, 0.717) is 13.2 Å². The number of hydrogen-bond donors (Lipinski definition) is 1. The predicted octanol–water partition coefficient (Wildman–Crippen LogP) is 3.02. The van der Waals surface area contributed by atoms with Gasteiger partial charge in [-0.3, -0.25) is 4.40 Å². The van der Waals surface area contributed by atoms with Crippen molar-refractivity contribution in [1.82, 2.24) is 9.38 Å². The standard InChI is InChI=1S/C17H17N3O/c1-2-11-21-15-9-6-10-20-14(12-18)16(19-17(15)20)13-7-4-3-5-8-13/h2-10H,1,11-12,18H2. The number of nitrogens with zero attached hydrogens (tertiary/aromatic N) is 2. The first kappa shape index (κ1) is 13.4. The predicted molar refractivity (Wildman–Crippen MR) is 84.2 cm³/mol. The Bertz CT molecular complexity index is 762. The van der Waals surface area contributed by atoms with E-state index in [2.05, 4.69) is 6.58 Å². The van der Waals surface area contributed by atoms with Gasteiger partial charge in [-0.05, 0) is 12.1 Å². The Hall–Kier alpha value is -2.59. The molecule has 106 valence electrons. The Labute approximate surface area is 123 Å². The molecule has 0 atom stereocenters. The van der Waals surface area contributed by atoms with E-state index < -0.39 is 0 Å². The summed E-state index contributed by atoms with van der Waals surface area (Å²) in [5.74, 6) is 0.731. The van der Waals surface area contributed by atoms with E-state index in [9.17, 15) is 0 Å². The van der Waals surface area contributed by atoms with Crippen LogP contribution in [0.5, 0.6) is 5.75 Å². The van der Waals surface area contributed by atoms with Crippen LogP contribution >= 0.6 is 0 Å². The fourth-order valence-corrected chi connectivity index (χ4v) is 2.38. The van der Waals surface area contributed by atoms with Gasteiger partial charge in [0.05, 0.1) is 11.4 Å². The Kier molecular flexibility index (Phi) is 3.71. The molecule has 4 nitrogen and oxygen atoms in total. The van der Waals surface area contributed by atoms with Crippen LogP contribution < -0.4 is 10.5 Å². The number of rotatable bonds is 5. The lowest BCUT2D eigenvalue weighted by atomic mass is 10.1. The van der Waals surface area contributed by atoms with Gasteiger partial charge >= 0.3 is 0 Å². The zero-order valence-corrected chi connectivity index (χ0v) is 11.7. The second-order valence-electron chi connectivity index (χ2n) is 4.64. The summed E-state index contributed by atoms with van der Waals surface area (Å²) >= 11 is 0. The van der Waals surface area contributed by atoms with Crippen molar-refractivity contribution in [2.45, 2.75) is 6.54 Å². The monoisotopic (exact) mass is 279 g/mol. The van der Waals surface area contributed by atoms with Crippen LogP contribution in [0.1, 0.15) is 5.69 Å². The lowest BCUT2D eigenvalue weighted by molar-refractivity contribution is 0.365. The Morgan fingerprint density at radius 3 is 2.71 bits per heavy atom. The average Bonchev–Trinajstić information content (AvgIpc) is 2.92.